The molecule has 1 aromatic rings. The summed E-state index contributed by atoms with van der Waals surface area (Å²) in [5.41, 5.74) is 6.93. The maximum Gasteiger partial charge on any atom is 0.232 e. The molecule has 2 amide bonds. The maximum atomic E-state index is 12.6. The maximum absolute atomic E-state index is 12.6. The fourth-order valence-electron chi connectivity index (χ4n) is 2.81. The lowest BCUT2D eigenvalue weighted by Gasteiger charge is -2.34. The summed E-state index contributed by atoms with van der Waals surface area (Å²) in [4.78, 5) is 24.4. The molecule has 132 valence electrons. The van der Waals surface area contributed by atoms with Gasteiger partial charge in [0.2, 0.25) is 11.8 Å². The van der Waals surface area contributed by atoms with E-state index in [2.05, 4.69) is 10.6 Å². The van der Waals surface area contributed by atoms with E-state index < -0.39 is 5.41 Å². The van der Waals surface area contributed by atoms with Gasteiger partial charge in [0, 0.05) is 31.5 Å². The summed E-state index contributed by atoms with van der Waals surface area (Å²) in [5, 5.41) is 5.80. The molecule has 1 aliphatic heterocycles. The third-order valence-electron chi connectivity index (χ3n) is 4.35. The van der Waals surface area contributed by atoms with E-state index in [9.17, 15) is 9.59 Å². The molecule has 0 spiro atoms. The van der Waals surface area contributed by atoms with Gasteiger partial charge in [0.25, 0.3) is 0 Å². The molecular formula is C18H27N3O3. The lowest BCUT2D eigenvalue weighted by molar-refractivity contribution is -0.130. The largest absolute Gasteiger partial charge is 0.381 e. The van der Waals surface area contributed by atoms with Crippen LogP contribution in [0.4, 0.5) is 5.69 Å². The zero-order valence-corrected chi connectivity index (χ0v) is 14.4. The van der Waals surface area contributed by atoms with E-state index in [1.807, 2.05) is 38.1 Å². The number of hydrogen-bond acceptors (Lipinski definition) is 4. The molecule has 4 N–H and O–H groups in total. The summed E-state index contributed by atoms with van der Waals surface area (Å²) in [6, 6.07) is 7.48. The van der Waals surface area contributed by atoms with E-state index >= 15 is 0 Å². The van der Waals surface area contributed by atoms with Gasteiger partial charge in [0.05, 0.1) is 11.8 Å². The van der Waals surface area contributed by atoms with E-state index in [-0.39, 0.29) is 17.9 Å². The molecule has 1 saturated heterocycles. The number of hydrogen-bond donors (Lipinski definition) is 3. The molecule has 0 saturated carbocycles. The average Bonchev–Trinajstić information content (AvgIpc) is 2.56. The quantitative estimate of drug-likeness (QED) is 0.734. The van der Waals surface area contributed by atoms with Gasteiger partial charge in [-0.15, -0.1) is 0 Å². The van der Waals surface area contributed by atoms with Crippen molar-refractivity contribution in [3.8, 4) is 0 Å². The molecule has 1 aliphatic rings. The Balaban J connectivity index is 1.95. The van der Waals surface area contributed by atoms with Gasteiger partial charge >= 0.3 is 0 Å². The van der Waals surface area contributed by atoms with Crippen molar-refractivity contribution < 1.29 is 14.3 Å². The van der Waals surface area contributed by atoms with Crippen LogP contribution in [0.5, 0.6) is 0 Å². The summed E-state index contributed by atoms with van der Waals surface area (Å²) in [6.07, 6.45) is 1.61. The van der Waals surface area contributed by atoms with E-state index in [0.29, 0.717) is 44.7 Å². The van der Waals surface area contributed by atoms with Gasteiger partial charge < -0.3 is 21.1 Å². The van der Waals surface area contributed by atoms with Crippen molar-refractivity contribution in [2.45, 2.75) is 39.2 Å². The zero-order chi connectivity index (χ0) is 17.6. The molecule has 1 aromatic carbocycles. The van der Waals surface area contributed by atoms with Crippen LogP contribution >= 0.6 is 0 Å². The Kier molecular flexibility index (Phi) is 6.34. The summed E-state index contributed by atoms with van der Waals surface area (Å²) in [5.74, 6) is -0.0651. The van der Waals surface area contributed by atoms with E-state index in [1.165, 1.54) is 0 Å². The Morgan fingerprint density at radius 2 is 1.83 bits per heavy atom. The van der Waals surface area contributed by atoms with Crippen molar-refractivity contribution in [1.29, 1.82) is 0 Å². The first kappa shape index (κ1) is 18.4. The molecule has 1 heterocycles. The second-order valence-electron chi connectivity index (χ2n) is 6.65. The van der Waals surface area contributed by atoms with Crippen LogP contribution in [0.2, 0.25) is 0 Å². The lowest BCUT2D eigenvalue weighted by atomic mass is 9.79. The molecule has 1 fully saturated rings. The van der Waals surface area contributed by atoms with Gasteiger partial charge in [-0.25, -0.2) is 0 Å². The number of rotatable bonds is 6. The zero-order valence-electron chi connectivity index (χ0n) is 14.4. The number of benzene rings is 1. The number of nitrogens with one attached hydrogen (secondary N) is 2. The summed E-state index contributed by atoms with van der Waals surface area (Å²) >= 11 is 0. The Hall–Kier alpha value is -1.92. The van der Waals surface area contributed by atoms with Crippen LogP contribution in [0.3, 0.4) is 0 Å². The molecule has 0 atom stereocenters. The molecule has 6 nitrogen and oxygen atoms in total. The smallest absolute Gasteiger partial charge is 0.232 e. The summed E-state index contributed by atoms with van der Waals surface area (Å²) < 4.78 is 5.33. The van der Waals surface area contributed by atoms with E-state index in [4.69, 9.17) is 10.5 Å². The topological polar surface area (TPSA) is 93.5 Å². The monoisotopic (exact) mass is 333 g/mol. The Morgan fingerprint density at radius 1 is 1.21 bits per heavy atom. The van der Waals surface area contributed by atoms with Crippen molar-refractivity contribution in [3.05, 3.63) is 29.8 Å². The van der Waals surface area contributed by atoms with E-state index in [0.717, 1.165) is 5.56 Å². The number of ether oxygens (including phenoxy) is 1. The molecule has 0 radical (unpaired) electrons. The third-order valence-corrected chi connectivity index (χ3v) is 4.35. The van der Waals surface area contributed by atoms with Crippen LogP contribution < -0.4 is 16.4 Å². The van der Waals surface area contributed by atoms with Crippen LogP contribution in [0.25, 0.3) is 0 Å². The van der Waals surface area contributed by atoms with Crippen molar-refractivity contribution in [1.82, 2.24) is 5.32 Å². The Labute approximate surface area is 143 Å². The van der Waals surface area contributed by atoms with E-state index in [1.54, 1.807) is 0 Å². The SMILES string of the molecule is CC(C)NC(=O)Cc1ccc(NC(=O)C2(CN)CCOCC2)cc1. The fourth-order valence-corrected chi connectivity index (χ4v) is 2.81. The second-order valence-corrected chi connectivity index (χ2v) is 6.65. The van der Waals surface area contributed by atoms with Crippen molar-refractivity contribution in [2.75, 3.05) is 25.1 Å². The lowest BCUT2D eigenvalue weighted by Crippen LogP contribution is -2.46. The highest BCUT2D eigenvalue weighted by atomic mass is 16.5. The number of carbonyl (C=O) groups is 2. The van der Waals surface area contributed by atoms with Gasteiger partial charge in [0.1, 0.15) is 0 Å². The highest BCUT2D eigenvalue weighted by molar-refractivity contribution is 5.95. The number of carbonyl (C=O) groups excluding carboxylic acids is 2. The van der Waals surface area contributed by atoms with Gasteiger partial charge in [-0.1, -0.05) is 12.1 Å². The molecule has 0 aromatic heterocycles. The molecule has 0 unspecified atom stereocenters. The van der Waals surface area contributed by atoms with Crippen LogP contribution in [0.15, 0.2) is 24.3 Å². The van der Waals surface area contributed by atoms with Gasteiger partial charge in [-0.3, -0.25) is 9.59 Å². The molecule has 2 rings (SSSR count). The second kappa shape index (κ2) is 8.26. The van der Waals surface area contributed by atoms with Crippen molar-refractivity contribution >= 4 is 17.5 Å². The number of anilines is 1. The third kappa shape index (κ3) is 4.79. The number of nitrogens with two attached hydrogens (primary N) is 1. The van der Waals surface area contributed by atoms with Crippen LogP contribution in [-0.2, 0) is 20.7 Å². The molecule has 24 heavy (non-hydrogen) atoms. The first-order valence-corrected chi connectivity index (χ1v) is 8.43. The standard InChI is InChI=1S/C18H27N3O3/c1-13(2)20-16(22)11-14-3-5-15(6-4-14)21-17(23)18(12-19)7-9-24-10-8-18/h3-6,13H,7-12,19H2,1-2H3,(H,20,22)(H,21,23). The van der Waals surface area contributed by atoms with Crippen LogP contribution in [-0.4, -0.2) is 37.6 Å². The van der Waals surface area contributed by atoms with Crippen molar-refractivity contribution in [3.63, 3.8) is 0 Å². The average molecular weight is 333 g/mol. The summed E-state index contributed by atoms with van der Waals surface area (Å²) in [6.45, 7) is 5.30. The van der Waals surface area contributed by atoms with Crippen molar-refractivity contribution in [2.24, 2.45) is 11.1 Å². The molecule has 6 heteroatoms. The van der Waals surface area contributed by atoms with Crippen LogP contribution in [0, 0.1) is 5.41 Å². The first-order valence-electron chi connectivity index (χ1n) is 8.43. The number of amides is 2. The first-order chi connectivity index (χ1) is 11.4. The minimum atomic E-state index is -0.548. The fraction of sp³-hybridized carbons (Fsp3) is 0.556. The minimum absolute atomic E-state index is 0.00826. The highest BCUT2D eigenvalue weighted by Crippen LogP contribution is 2.30. The van der Waals surface area contributed by atoms with Crippen LogP contribution in [0.1, 0.15) is 32.3 Å². The highest BCUT2D eigenvalue weighted by Gasteiger charge is 2.38. The Morgan fingerprint density at radius 3 is 2.38 bits per heavy atom. The summed E-state index contributed by atoms with van der Waals surface area (Å²) in [7, 11) is 0. The molecule has 0 aliphatic carbocycles. The normalized spacial score (nSPS) is 16.7. The predicted octanol–water partition coefficient (Wildman–Crippen LogP) is 1.45. The molecular weight excluding hydrogens is 306 g/mol. The Bertz CT molecular complexity index is 563. The van der Waals surface area contributed by atoms with Gasteiger partial charge in [-0.05, 0) is 44.4 Å². The van der Waals surface area contributed by atoms with Gasteiger partial charge in [0.15, 0.2) is 0 Å². The minimum Gasteiger partial charge on any atom is -0.381 e. The van der Waals surface area contributed by atoms with Gasteiger partial charge in [-0.2, -0.15) is 0 Å². The predicted molar refractivity (Wildman–Crippen MR) is 93.6 cm³/mol. The molecule has 0 bridgehead atoms.